The molecule has 0 aliphatic heterocycles. The van der Waals surface area contributed by atoms with Crippen LogP contribution in [0.1, 0.15) is 28.0 Å². The zero-order chi connectivity index (χ0) is 14.5. The van der Waals surface area contributed by atoms with E-state index >= 15 is 0 Å². The topological polar surface area (TPSA) is 83.8 Å². The molecule has 0 radical (unpaired) electrons. The second-order valence-corrected chi connectivity index (χ2v) is 5.47. The monoisotopic (exact) mass is 336 g/mol. The number of nitrogens with zero attached hydrogens (tertiary/aromatic N) is 1. The van der Waals surface area contributed by atoms with Gasteiger partial charge in [0.2, 0.25) is 0 Å². The predicted molar refractivity (Wildman–Crippen MR) is 82.5 cm³/mol. The van der Waals surface area contributed by atoms with Crippen LogP contribution in [-0.4, -0.2) is 22.6 Å². The summed E-state index contributed by atoms with van der Waals surface area (Å²) in [4.78, 5) is 11.9. The van der Waals surface area contributed by atoms with Gasteiger partial charge in [-0.15, -0.1) is 0 Å². The van der Waals surface area contributed by atoms with Gasteiger partial charge in [0.05, 0.1) is 6.20 Å². The summed E-state index contributed by atoms with van der Waals surface area (Å²) in [5.74, 6) is -0.104. The maximum atomic E-state index is 11.9. The lowest BCUT2D eigenvalue weighted by Gasteiger charge is -2.06. The Morgan fingerprint density at radius 1 is 1.50 bits per heavy atom. The smallest absolute Gasteiger partial charge is 0.251 e. The molecule has 0 unspecified atom stereocenters. The molecule has 20 heavy (non-hydrogen) atoms. The third kappa shape index (κ3) is 3.60. The Hall–Kier alpha value is -1.82. The van der Waals surface area contributed by atoms with Crippen molar-refractivity contribution < 1.29 is 4.79 Å². The van der Waals surface area contributed by atoms with Crippen LogP contribution in [0, 0.1) is 6.92 Å². The van der Waals surface area contributed by atoms with E-state index in [4.69, 9.17) is 5.73 Å². The lowest BCUT2D eigenvalue weighted by atomic mass is 10.1. The van der Waals surface area contributed by atoms with Gasteiger partial charge in [-0.2, -0.15) is 5.10 Å². The van der Waals surface area contributed by atoms with Crippen LogP contribution in [0.3, 0.4) is 0 Å². The number of nitrogen functional groups attached to an aromatic ring is 1. The fourth-order valence-corrected chi connectivity index (χ4v) is 2.14. The van der Waals surface area contributed by atoms with Gasteiger partial charge in [-0.1, -0.05) is 0 Å². The summed E-state index contributed by atoms with van der Waals surface area (Å²) in [6, 6.07) is 5.19. The number of carbonyl (C=O) groups is 1. The average molecular weight is 337 g/mol. The minimum Gasteiger partial charge on any atom is -0.398 e. The van der Waals surface area contributed by atoms with E-state index in [0.717, 1.165) is 23.0 Å². The van der Waals surface area contributed by atoms with Gasteiger partial charge >= 0.3 is 0 Å². The van der Waals surface area contributed by atoms with Crippen LogP contribution < -0.4 is 11.1 Å². The zero-order valence-corrected chi connectivity index (χ0v) is 12.8. The van der Waals surface area contributed by atoms with Crippen molar-refractivity contribution in [3.63, 3.8) is 0 Å². The molecule has 4 N–H and O–H groups in total. The number of hydrogen-bond donors (Lipinski definition) is 3. The van der Waals surface area contributed by atoms with Gasteiger partial charge in [0, 0.05) is 28.0 Å². The maximum Gasteiger partial charge on any atom is 0.251 e. The first-order valence-corrected chi connectivity index (χ1v) is 7.19. The molecule has 0 spiro atoms. The molecule has 5 nitrogen and oxygen atoms in total. The number of carbonyl (C=O) groups excluding carboxylic acids is 1. The number of H-pyrrole nitrogens is 1. The normalized spacial score (nSPS) is 10.5. The molecule has 0 aliphatic carbocycles. The van der Waals surface area contributed by atoms with Crippen molar-refractivity contribution in [1.82, 2.24) is 15.5 Å². The Bertz CT molecular complexity index is 609. The highest BCUT2D eigenvalue weighted by atomic mass is 79.9. The van der Waals surface area contributed by atoms with Crippen molar-refractivity contribution in [3.8, 4) is 0 Å². The minimum atomic E-state index is -0.104. The lowest BCUT2D eigenvalue weighted by Crippen LogP contribution is -2.24. The van der Waals surface area contributed by atoms with Gasteiger partial charge in [-0.3, -0.25) is 9.89 Å². The maximum absolute atomic E-state index is 11.9. The molecule has 106 valence electrons. The Balaban J connectivity index is 1.80. The third-order valence-electron chi connectivity index (χ3n) is 3.10. The third-order valence-corrected chi connectivity index (χ3v) is 3.82. The molecule has 0 fully saturated rings. The SMILES string of the molecule is Cc1[nH]ncc1CCCNC(=O)c1ccc(Br)c(N)c1. The molecule has 0 atom stereocenters. The van der Waals surface area contributed by atoms with Gasteiger partial charge in [0.1, 0.15) is 0 Å². The number of anilines is 1. The van der Waals surface area contributed by atoms with E-state index in [1.807, 2.05) is 13.1 Å². The number of aromatic nitrogens is 2. The fourth-order valence-electron chi connectivity index (χ4n) is 1.90. The van der Waals surface area contributed by atoms with E-state index < -0.39 is 0 Å². The highest BCUT2D eigenvalue weighted by Gasteiger charge is 2.07. The van der Waals surface area contributed by atoms with Gasteiger partial charge in [0.25, 0.3) is 5.91 Å². The molecule has 1 aromatic carbocycles. The fraction of sp³-hybridized carbons (Fsp3) is 0.286. The van der Waals surface area contributed by atoms with Crippen molar-refractivity contribution in [2.24, 2.45) is 0 Å². The van der Waals surface area contributed by atoms with Gasteiger partial charge in [-0.25, -0.2) is 0 Å². The van der Waals surface area contributed by atoms with Crippen LogP contribution >= 0.6 is 15.9 Å². The Morgan fingerprint density at radius 3 is 2.95 bits per heavy atom. The number of benzene rings is 1. The minimum absolute atomic E-state index is 0.104. The number of rotatable bonds is 5. The van der Waals surface area contributed by atoms with Crippen LogP contribution in [0.15, 0.2) is 28.9 Å². The van der Waals surface area contributed by atoms with E-state index in [0.29, 0.717) is 17.8 Å². The number of amides is 1. The molecule has 1 amide bonds. The van der Waals surface area contributed by atoms with E-state index in [9.17, 15) is 4.79 Å². The van der Waals surface area contributed by atoms with E-state index in [-0.39, 0.29) is 5.91 Å². The number of halogens is 1. The molecular formula is C14H17BrN4O. The number of aryl methyl sites for hydroxylation is 2. The molecule has 0 saturated heterocycles. The lowest BCUT2D eigenvalue weighted by molar-refractivity contribution is 0.0953. The van der Waals surface area contributed by atoms with Crippen molar-refractivity contribution >= 4 is 27.5 Å². The first-order chi connectivity index (χ1) is 9.58. The van der Waals surface area contributed by atoms with Crippen LogP contribution in [0.5, 0.6) is 0 Å². The summed E-state index contributed by atoms with van der Waals surface area (Å²) in [5, 5.41) is 9.76. The van der Waals surface area contributed by atoms with Gasteiger partial charge in [-0.05, 0) is 59.5 Å². The summed E-state index contributed by atoms with van der Waals surface area (Å²) >= 11 is 3.31. The predicted octanol–water partition coefficient (Wildman–Crippen LogP) is 2.43. The number of aromatic amines is 1. The molecule has 6 heteroatoms. The Morgan fingerprint density at radius 2 is 2.30 bits per heavy atom. The standard InChI is InChI=1S/C14H17BrN4O/c1-9-11(8-18-19-9)3-2-6-17-14(20)10-4-5-12(15)13(16)7-10/h4-5,7-8H,2-3,6,16H2,1H3,(H,17,20)(H,18,19). The van der Waals surface area contributed by atoms with Crippen LogP contribution in [-0.2, 0) is 6.42 Å². The molecule has 0 saturated carbocycles. The summed E-state index contributed by atoms with van der Waals surface area (Å²) < 4.78 is 0.796. The Kier molecular flexibility index (Phi) is 4.79. The summed E-state index contributed by atoms with van der Waals surface area (Å²) in [5.41, 5.74) is 9.16. The molecule has 0 aliphatic rings. The van der Waals surface area contributed by atoms with E-state index in [2.05, 4.69) is 31.4 Å². The number of nitrogens with one attached hydrogen (secondary N) is 2. The summed E-state index contributed by atoms with van der Waals surface area (Å²) in [7, 11) is 0. The first-order valence-electron chi connectivity index (χ1n) is 6.40. The number of hydrogen-bond acceptors (Lipinski definition) is 3. The molecule has 2 aromatic rings. The van der Waals surface area contributed by atoms with E-state index in [1.165, 1.54) is 5.56 Å². The van der Waals surface area contributed by atoms with Crippen LogP contribution in [0.25, 0.3) is 0 Å². The van der Waals surface area contributed by atoms with Gasteiger partial charge in [0.15, 0.2) is 0 Å². The molecule has 2 rings (SSSR count). The average Bonchev–Trinajstić information content (AvgIpc) is 2.83. The quantitative estimate of drug-likeness (QED) is 0.579. The van der Waals surface area contributed by atoms with Crippen LogP contribution in [0.2, 0.25) is 0 Å². The number of nitrogens with two attached hydrogens (primary N) is 1. The van der Waals surface area contributed by atoms with Crippen molar-refractivity contribution in [2.45, 2.75) is 19.8 Å². The molecule has 1 aromatic heterocycles. The van der Waals surface area contributed by atoms with Crippen molar-refractivity contribution in [3.05, 3.63) is 45.7 Å². The molecular weight excluding hydrogens is 320 g/mol. The van der Waals surface area contributed by atoms with Crippen molar-refractivity contribution in [1.29, 1.82) is 0 Å². The highest BCUT2D eigenvalue weighted by molar-refractivity contribution is 9.10. The highest BCUT2D eigenvalue weighted by Crippen LogP contribution is 2.20. The summed E-state index contributed by atoms with van der Waals surface area (Å²) in [6.07, 6.45) is 3.59. The summed E-state index contributed by atoms with van der Waals surface area (Å²) in [6.45, 7) is 2.62. The Labute approximate surface area is 126 Å². The van der Waals surface area contributed by atoms with E-state index in [1.54, 1.807) is 18.2 Å². The molecule has 0 bridgehead atoms. The second kappa shape index (κ2) is 6.56. The second-order valence-electron chi connectivity index (χ2n) is 4.62. The van der Waals surface area contributed by atoms with Gasteiger partial charge < -0.3 is 11.1 Å². The first kappa shape index (κ1) is 14.6. The van der Waals surface area contributed by atoms with Crippen LogP contribution in [0.4, 0.5) is 5.69 Å². The largest absolute Gasteiger partial charge is 0.398 e. The zero-order valence-electron chi connectivity index (χ0n) is 11.2. The molecule has 1 heterocycles. The van der Waals surface area contributed by atoms with Crippen molar-refractivity contribution in [2.75, 3.05) is 12.3 Å².